The summed E-state index contributed by atoms with van der Waals surface area (Å²) in [5, 5.41) is 9.33. The molecule has 0 saturated carbocycles. The Kier molecular flexibility index (Phi) is 3.72. The van der Waals surface area contributed by atoms with E-state index in [0.717, 1.165) is 22.6 Å². The van der Waals surface area contributed by atoms with Gasteiger partial charge in [-0.1, -0.05) is 12.1 Å². The Morgan fingerprint density at radius 1 is 1.06 bits per heavy atom. The molecule has 1 N–H and O–H groups in total. The molecule has 0 aliphatic rings. The SMILES string of the molecule is COc1cccc(OCc2ccc(O)cc2C)c1. The van der Waals surface area contributed by atoms with Gasteiger partial charge in [-0.3, -0.25) is 0 Å². The van der Waals surface area contributed by atoms with E-state index >= 15 is 0 Å². The van der Waals surface area contributed by atoms with Gasteiger partial charge in [0.05, 0.1) is 7.11 Å². The predicted octanol–water partition coefficient (Wildman–Crippen LogP) is 3.29. The Hall–Kier alpha value is -2.16. The van der Waals surface area contributed by atoms with Crippen LogP contribution in [0.3, 0.4) is 0 Å². The number of hydrogen-bond donors (Lipinski definition) is 1. The van der Waals surface area contributed by atoms with Crippen LogP contribution in [0.15, 0.2) is 42.5 Å². The van der Waals surface area contributed by atoms with Crippen molar-refractivity contribution in [3.63, 3.8) is 0 Å². The Labute approximate surface area is 107 Å². The number of aromatic hydroxyl groups is 1. The van der Waals surface area contributed by atoms with Gasteiger partial charge in [-0.2, -0.15) is 0 Å². The van der Waals surface area contributed by atoms with Crippen molar-refractivity contribution in [2.75, 3.05) is 7.11 Å². The first-order chi connectivity index (χ1) is 8.69. The van der Waals surface area contributed by atoms with Gasteiger partial charge in [-0.15, -0.1) is 0 Å². The summed E-state index contributed by atoms with van der Waals surface area (Å²) in [6, 6.07) is 12.7. The molecule has 0 saturated heterocycles. The van der Waals surface area contributed by atoms with Gasteiger partial charge in [0.25, 0.3) is 0 Å². The van der Waals surface area contributed by atoms with E-state index in [0.29, 0.717) is 6.61 Å². The van der Waals surface area contributed by atoms with Gasteiger partial charge < -0.3 is 14.6 Å². The first-order valence-corrected chi connectivity index (χ1v) is 5.74. The van der Waals surface area contributed by atoms with Gasteiger partial charge in [0.1, 0.15) is 23.9 Å². The van der Waals surface area contributed by atoms with Crippen molar-refractivity contribution in [3.05, 3.63) is 53.6 Å². The van der Waals surface area contributed by atoms with Crippen molar-refractivity contribution in [2.45, 2.75) is 13.5 Å². The van der Waals surface area contributed by atoms with E-state index in [1.54, 1.807) is 19.2 Å². The fourth-order valence-corrected chi connectivity index (χ4v) is 1.69. The van der Waals surface area contributed by atoms with Gasteiger partial charge in [0.2, 0.25) is 0 Å². The Bertz CT molecular complexity index is 535. The molecule has 18 heavy (non-hydrogen) atoms. The minimum atomic E-state index is 0.276. The van der Waals surface area contributed by atoms with Crippen LogP contribution in [0.4, 0.5) is 0 Å². The number of rotatable bonds is 4. The first-order valence-electron chi connectivity index (χ1n) is 5.74. The largest absolute Gasteiger partial charge is 0.508 e. The Morgan fingerprint density at radius 3 is 2.56 bits per heavy atom. The minimum Gasteiger partial charge on any atom is -0.508 e. The summed E-state index contributed by atoms with van der Waals surface area (Å²) in [5.74, 6) is 1.81. The second-order valence-electron chi connectivity index (χ2n) is 4.08. The van der Waals surface area contributed by atoms with Crippen molar-refractivity contribution in [2.24, 2.45) is 0 Å². The fraction of sp³-hybridized carbons (Fsp3) is 0.200. The summed E-state index contributed by atoms with van der Waals surface area (Å²) in [4.78, 5) is 0. The van der Waals surface area contributed by atoms with Crippen molar-refractivity contribution >= 4 is 0 Å². The average molecular weight is 244 g/mol. The van der Waals surface area contributed by atoms with Crippen LogP contribution in [-0.4, -0.2) is 12.2 Å². The van der Waals surface area contributed by atoms with Gasteiger partial charge in [0.15, 0.2) is 0 Å². The zero-order valence-electron chi connectivity index (χ0n) is 10.5. The third-order valence-corrected chi connectivity index (χ3v) is 2.76. The Balaban J connectivity index is 2.06. The minimum absolute atomic E-state index is 0.276. The molecule has 3 nitrogen and oxygen atoms in total. The maximum absolute atomic E-state index is 9.33. The Morgan fingerprint density at radius 2 is 1.83 bits per heavy atom. The summed E-state index contributed by atoms with van der Waals surface area (Å²) >= 11 is 0. The van der Waals surface area contributed by atoms with Crippen molar-refractivity contribution in [1.29, 1.82) is 0 Å². The van der Waals surface area contributed by atoms with Crippen LogP contribution in [0, 0.1) is 6.92 Å². The lowest BCUT2D eigenvalue weighted by atomic mass is 10.1. The molecule has 0 unspecified atom stereocenters. The van der Waals surface area contributed by atoms with Crippen molar-refractivity contribution < 1.29 is 14.6 Å². The zero-order chi connectivity index (χ0) is 13.0. The molecule has 94 valence electrons. The number of benzene rings is 2. The van der Waals surface area contributed by atoms with E-state index in [4.69, 9.17) is 9.47 Å². The van der Waals surface area contributed by atoms with E-state index in [1.807, 2.05) is 37.3 Å². The molecule has 2 aromatic carbocycles. The molecule has 2 aromatic rings. The molecule has 3 heteroatoms. The molecular weight excluding hydrogens is 228 g/mol. The molecule has 0 amide bonds. The summed E-state index contributed by atoms with van der Waals surface area (Å²) in [6.07, 6.45) is 0. The molecule has 0 bridgehead atoms. The van der Waals surface area contributed by atoms with Crippen LogP contribution in [-0.2, 0) is 6.61 Å². The summed E-state index contributed by atoms with van der Waals surface area (Å²) in [6.45, 7) is 2.42. The first kappa shape index (κ1) is 12.3. The molecule has 0 aliphatic carbocycles. The fourth-order valence-electron chi connectivity index (χ4n) is 1.69. The standard InChI is InChI=1S/C15H16O3/c1-11-8-13(16)7-6-12(11)10-18-15-5-3-4-14(9-15)17-2/h3-9,16H,10H2,1-2H3. The highest BCUT2D eigenvalue weighted by atomic mass is 16.5. The zero-order valence-corrected chi connectivity index (χ0v) is 10.5. The van der Waals surface area contributed by atoms with E-state index in [9.17, 15) is 5.11 Å². The lowest BCUT2D eigenvalue weighted by molar-refractivity contribution is 0.302. The molecule has 0 fully saturated rings. The quantitative estimate of drug-likeness (QED) is 0.897. The normalized spacial score (nSPS) is 10.1. The molecule has 0 heterocycles. The number of aryl methyl sites for hydroxylation is 1. The van der Waals surface area contributed by atoms with Crippen LogP contribution in [0.1, 0.15) is 11.1 Å². The summed E-state index contributed by atoms with van der Waals surface area (Å²) in [5.41, 5.74) is 2.06. The lowest BCUT2D eigenvalue weighted by Gasteiger charge is -2.10. The monoisotopic (exact) mass is 244 g/mol. The van der Waals surface area contributed by atoms with E-state index in [-0.39, 0.29) is 5.75 Å². The molecule has 0 atom stereocenters. The van der Waals surface area contributed by atoms with Crippen LogP contribution in [0.5, 0.6) is 17.2 Å². The van der Waals surface area contributed by atoms with Gasteiger partial charge in [-0.25, -0.2) is 0 Å². The van der Waals surface area contributed by atoms with Crippen LogP contribution < -0.4 is 9.47 Å². The number of methoxy groups -OCH3 is 1. The molecule has 0 spiro atoms. The smallest absolute Gasteiger partial charge is 0.123 e. The van der Waals surface area contributed by atoms with Crippen LogP contribution in [0.2, 0.25) is 0 Å². The second-order valence-corrected chi connectivity index (χ2v) is 4.08. The van der Waals surface area contributed by atoms with E-state index in [2.05, 4.69) is 0 Å². The van der Waals surface area contributed by atoms with Gasteiger partial charge in [-0.05, 0) is 42.3 Å². The summed E-state index contributed by atoms with van der Waals surface area (Å²) < 4.78 is 10.8. The third-order valence-electron chi connectivity index (χ3n) is 2.76. The average Bonchev–Trinajstić information content (AvgIpc) is 2.38. The second kappa shape index (κ2) is 5.45. The number of phenols is 1. The number of phenolic OH excluding ortho intramolecular Hbond substituents is 1. The topological polar surface area (TPSA) is 38.7 Å². The molecule has 0 radical (unpaired) electrons. The lowest BCUT2D eigenvalue weighted by Crippen LogP contribution is -1.97. The van der Waals surface area contributed by atoms with E-state index < -0.39 is 0 Å². The number of ether oxygens (including phenoxy) is 2. The molecule has 2 rings (SSSR count). The molecule has 0 aromatic heterocycles. The van der Waals surface area contributed by atoms with E-state index in [1.165, 1.54) is 0 Å². The van der Waals surface area contributed by atoms with Crippen molar-refractivity contribution in [1.82, 2.24) is 0 Å². The van der Waals surface area contributed by atoms with Gasteiger partial charge in [0, 0.05) is 6.07 Å². The predicted molar refractivity (Wildman–Crippen MR) is 70.2 cm³/mol. The highest BCUT2D eigenvalue weighted by Crippen LogP contribution is 2.21. The van der Waals surface area contributed by atoms with Crippen LogP contribution in [0.25, 0.3) is 0 Å². The highest BCUT2D eigenvalue weighted by molar-refractivity contribution is 5.35. The molecular formula is C15H16O3. The third kappa shape index (κ3) is 2.94. The van der Waals surface area contributed by atoms with Crippen molar-refractivity contribution in [3.8, 4) is 17.2 Å². The maximum atomic E-state index is 9.33. The highest BCUT2D eigenvalue weighted by Gasteiger charge is 2.02. The molecule has 0 aliphatic heterocycles. The summed E-state index contributed by atoms with van der Waals surface area (Å²) in [7, 11) is 1.63. The number of hydrogen-bond acceptors (Lipinski definition) is 3. The van der Waals surface area contributed by atoms with Crippen LogP contribution >= 0.6 is 0 Å². The van der Waals surface area contributed by atoms with Gasteiger partial charge >= 0.3 is 0 Å². The maximum Gasteiger partial charge on any atom is 0.123 e.